The summed E-state index contributed by atoms with van der Waals surface area (Å²) in [6.07, 6.45) is 1.42. The first kappa shape index (κ1) is 14.7. The van der Waals surface area contributed by atoms with Gasteiger partial charge in [0, 0.05) is 11.6 Å². The Bertz CT molecular complexity index is 484. The topological polar surface area (TPSA) is 79.8 Å². The second-order valence-corrected chi connectivity index (χ2v) is 4.07. The van der Waals surface area contributed by atoms with E-state index in [2.05, 4.69) is 15.8 Å². The van der Waals surface area contributed by atoms with Gasteiger partial charge in [-0.05, 0) is 26.0 Å². The Morgan fingerprint density at radius 2 is 1.95 bits per heavy atom. The molecule has 6 nitrogen and oxygen atoms in total. The molecule has 0 fully saturated rings. The third-order valence-electron chi connectivity index (χ3n) is 2.13. The van der Waals surface area contributed by atoms with Gasteiger partial charge in [-0.1, -0.05) is 12.1 Å². The number of nitrogens with one attached hydrogen (secondary N) is 2. The van der Waals surface area contributed by atoms with Crippen molar-refractivity contribution < 1.29 is 14.3 Å². The van der Waals surface area contributed by atoms with Crippen molar-refractivity contribution >= 4 is 18.0 Å². The lowest BCUT2D eigenvalue weighted by Gasteiger charge is -2.06. The predicted octanol–water partition coefficient (Wildman–Crippen LogP) is 0.670. The SMILES string of the molecule is COc1ccccc1C=NNC(=O)C(=O)NC(C)C. The first-order valence-electron chi connectivity index (χ1n) is 5.81. The molecular formula is C13H17N3O3. The van der Waals surface area contributed by atoms with Gasteiger partial charge in [-0.3, -0.25) is 9.59 Å². The molecule has 102 valence electrons. The molecule has 2 N–H and O–H groups in total. The Kier molecular flexibility index (Phi) is 5.53. The Morgan fingerprint density at radius 3 is 2.58 bits per heavy atom. The van der Waals surface area contributed by atoms with Crippen LogP contribution in [0.3, 0.4) is 0 Å². The van der Waals surface area contributed by atoms with Crippen LogP contribution >= 0.6 is 0 Å². The number of hydrogen-bond donors (Lipinski definition) is 2. The Balaban J connectivity index is 2.58. The van der Waals surface area contributed by atoms with Crippen molar-refractivity contribution in [2.45, 2.75) is 19.9 Å². The molecule has 0 saturated heterocycles. The molecule has 0 aromatic heterocycles. The number of nitrogens with zero attached hydrogens (tertiary/aromatic N) is 1. The molecule has 6 heteroatoms. The quantitative estimate of drug-likeness (QED) is 0.476. The zero-order valence-corrected chi connectivity index (χ0v) is 11.1. The summed E-state index contributed by atoms with van der Waals surface area (Å²) >= 11 is 0. The van der Waals surface area contributed by atoms with Crippen molar-refractivity contribution in [3.8, 4) is 5.75 Å². The fourth-order valence-electron chi connectivity index (χ4n) is 1.31. The zero-order chi connectivity index (χ0) is 14.3. The largest absolute Gasteiger partial charge is 0.496 e. The second kappa shape index (κ2) is 7.15. The van der Waals surface area contributed by atoms with Crippen LogP contribution in [0.15, 0.2) is 29.4 Å². The summed E-state index contributed by atoms with van der Waals surface area (Å²) in [4.78, 5) is 22.7. The predicted molar refractivity (Wildman–Crippen MR) is 72.0 cm³/mol. The van der Waals surface area contributed by atoms with Crippen molar-refractivity contribution in [1.29, 1.82) is 0 Å². The molecule has 0 aliphatic carbocycles. The van der Waals surface area contributed by atoms with Crippen molar-refractivity contribution in [2.24, 2.45) is 5.10 Å². The smallest absolute Gasteiger partial charge is 0.329 e. The van der Waals surface area contributed by atoms with E-state index in [-0.39, 0.29) is 6.04 Å². The Morgan fingerprint density at radius 1 is 1.26 bits per heavy atom. The first-order chi connectivity index (χ1) is 9.04. The van der Waals surface area contributed by atoms with Crippen molar-refractivity contribution in [2.75, 3.05) is 7.11 Å². The van der Waals surface area contributed by atoms with Crippen LogP contribution in [-0.4, -0.2) is 31.2 Å². The van der Waals surface area contributed by atoms with Gasteiger partial charge in [-0.15, -0.1) is 0 Å². The third kappa shape index (κ3) is 4.79. The number of amides is 2. The standard InChI is InChI=1S/C13H17N3O3/c1-9(2)15-12(17)13(18)16-14-8-10-6-4-5-7-11(10)19-3/h4-9H,1-3H3,(H,15,17)(H,16,18). The maximum Gasteiger partial charge on any atom is 0.329 e. The molecule has 0 aliphatic rings. The van der Waals surface area contributed by atoms with E-state index in [1.54, 1.807) is 33.1 Å². The molecule has 1 rings (SSSR count). The number of benzene rings is 1. The highest BCUT2D eigenvalue weighted by molar-refractivity contribution is 6.35. The molecule has 0 radical (unpaired) electrons. The maximum atomic E-state index is 11.4. The molecule has 0 bridgehead atoms. The van der Waals surface area contributed by atoms with Crippen LogP contribution in [0.4, 0.5) is 0 Å². The Hall–Kier alpha value is -2.37. The molecule has 0 atom stereocenters. The fourth-order valence-corrected chi connectivity index (χ4v) is 1.31. The molecule has 2 amide bonds. The molecule has 0 heterocycles. The van der Waals surface area contributed by atoms with E-state index in [0.29, 0.717) is 11.3 Å². The van der Waals surface area contributed by atoms with E-state index in [4.69, 9.17) is 4.74 Å². The van der Waals surface area contributed by atoms with Gasteiger partial charge < -0.3 is 10.1 Å². The summed E-state index contributed by atoms with van der Waals surface area (Å²) < 4.78 is 5.12. The van der Waals surface area contributed by atoms with Crippen LogP contribution in [0.25, 0.3) is 0 Å². The highest BCUT2D eigenvalue weighted by Gasteiger charge is 2.12. The van der Waals surface area contributed by atoms with Crippen molar-refractivity contribution in [3.05, 3.63) is 29.8 Å². The van der Waals surface area contributed by atoms with Crippen LogP contribution < -0.4 is 15.5 Å². The number of rotatable bonds is 4. The van der Waals surface area contributed by atoms with E-state index >= 15 is 0 Å². The van der Waals surface area contributed by atoms with Crippen LogP contribution in [0.5, 0.6) is 5.75 Å². The van der Waals surface area contributed by atoms with Gasteiger partial charge in [-0.25, -0.2) is 5.43 Å². The van der Waals surface area contributed by atoms with Crippen molar-refractivity contribution in [1.82, 2.24) is 10.7 Å². The number of methoxy groups -OCH3 is 1. The maximum absolute atomic E-state index is 11.4. The number of carbonyl (C=O) groups excluding carboxylic acids is 2. The van der Waals surface area contributed by atoms with Gasteiger partial charge in [-0.2, -0.15) is 5.10 Å². The molecule has 1 aromatic carbocycles. The van der Waals surface area contributed by atoms with Gasteiger partial charge in [0.1, 0.15) is 5.75 Å². The second-order valence-electron chi connectivity index (χ2n) is 4.07. The zero-order valence-electron chi connectivity index (χ0n) is 11.1. The van der Waals surface area contributed by atoms with Gasteiger partial charge in [0.15, 0.2) is 0 Å². The molecule has 0 saturated carbocycles. The third-order valence-corrected chi connectivity index (χ3v) is 2.13. The molecule has 1 aromatic rings. The lowest BCUT2D eigenvalue weighted by atomic mass is 10.2. The van der Waals surface area contributed by atoms with E-state index in [0.717, 1.165) is 0 Å². The number of ether oxygens (including phenoxy) is 1. The van der Waals surface area contributed by atoms with E-state index in [1.807, 2.05) is 12.1 Å². The summed E-state index contributed by atoms with van der Waals surface area (Å²) in [5.74, 6) is -0.890. The van der Waals surface area contributed by atoms with Gasteiger partial charge in [0.2, 0.25) is 0 Å². The van der Waals surface area contributed by atoms with Crippen LogP contribution in [0.2, 0.25) is 0 Å². The minimum atomic E-state index is -0.806. The van der Waals surface area contributed by atoms with Crippen LogP contribution in [0, 0.1) is 0 Å². The number of para-hydroxylation sites is 1. The van der Waals surface area contributed by atoms with E-state index in [9.17, 15) is 9.59 Å². The van der Waals surface area contributed by atoms with Crippen LogP contribution in [0.1, 0.15) is 19.4 Å². The van der Waals surface area contributed by atoms with Crippen LogP contribution in [-0.2, 0) is 9.59 Å². The van der Waals surface area contributed by atoms with E-state index < -0.39 is 11.8 Å². The summed E-state index contributed by atoms with van der Waals surface area (Å²) in [7, 11) is 1.54. The highest BCUT2D eigenvalue weighted by Crippen LogP contribution is 2.14. The number of hydrogen-bond acceptors (Lipinski definition) is 4. The average Bonchev–Trinajstić information content (AvgIpc) is 2.38. The normalized spacial score (nSPS) is 10.5. The molecule has 19 heavy (non-hydrogen) atoms. The lowest BCUT2D eigenvalue weighted by Crippen LogP contribution is -2.41. The monoisotopic (exact) mass is 263 g/mol. The summed E-state index contributed by atoms with van der Waals surface area (Å²) in [5, 5.41) is 6.18. The Labute approximate surface area is 111 Å². The van der Waals surface area contributed by atoms with Gasteiger partial charge >= 0.3 is 11.8 Å². The fraction of sp³-hybridized carbons (Fsp3) is 0.308. The minimum absolute atomic E-state index is 0.101. The number of carbonyl (C=O) groups is 2. The first-order valence-corrected chi connectivity index (χ1v) is 5.81. The summed E-state index contributed by atoms with van der Waals surface area (Å²) in [5.41, 5.74) is 2.85. The molecular weight excluding hydrogens is 246 g/mol. The average molecular weight is 263 g/mol. The van der Waals surface area contributed by atoms with Crippen molar-refractivity contribution in [3.63, 3.8) is 0 Å². The summed E-state index contributed by atoms with van der Waals surface area (Å²) in [6.45, 7) is 3.53. The molecule has 0 unspecified atom stereocenters. The van der Waals surface area contributed by atoms with E-state index in [1.165, 1.54) is 6.21 Å². The summed E-state index contributed by atoms with van der Waals surface area (Å²) in [6, 6.07) is 7.09. The van der Waals surface area contributed by atoms with Gasteiger partial charge in [0.05, 0.1) is 13.3 Å². The molecule has 0 aliphatic heterocycles. The molecule has 0 spiro atoms. The minimum Gasteiger partial charge on any atom is -0.496 e. The lowest BCUT2D eigenvalue weighted by molar-refractivity contribution is -0.139. The number of hydrazone groups is 1. The highest BCUT2D eigenvalue weighted by atomic mass is 16.5. The van der Waals surface area contributed by atoms with Gasteiger partial charge in [0.25, 0.3) is 0 Å².